The van der Waals surface area contributed by atoms with Crippen LogP contribution >= 0.6 is 11.3 Å². The maximum atomic E-state index is 14.4. The number of carboxylic acids is 1. The zero-order valence-corrected chi connectivity index (χ0v) is 27.7. The van der Waals surface area contributed by atoms with E-state index in [-0.39, 0.29) is 31.2 Å². The fraction of sp³-hybridized carbons (Fsp3) is 0.486. The molecular weight excluding hydrogens is 650 g/mol. The highest BCUT2D eigenvalue weighted by Crippen LogP contribution is 2.45. The molecule has 0 radical (unpaired) electrons. The number of benzene rings is 1. The van der Waals surface area contributed by atoms with Gasteiger partial charge in [0.2, 0.25) is 17.7 Å². The summed E-state index contributed by atoms with van der Waals surface area (Å²) in [5, 5.41) is 17.7. The number of carbonyl (C=O) groups excluding carboxylic acids is 3. The lowest BCUT2D eigenvalue weighted by Gasteiger charge is -2.29. The topological polar surface area (TPSA) is 169 Å². The first kappa shape index (κ1) is 33.0. The number of para-hydroxylation sites is 2. The number of aromatic nitrogens is 2. The van der Waals surface area contributed by atoms with Crippen molar-refractivity contribution in [2.75, 3.05) is 19.8 Å². The van der Waals surface area contributed by atoms with Crippen LogP contribution in [0.3, 0.4) is 0 Å². The molecule has 258 valence electrons. The smallest absolute Gasteiger partial charge is 0.408 e. The van der Waals surface area contributed by atoms with Gasteiger partial charge in [-0.1, -0.05) is 43.2 Å². The number of hydrogen-bond acceptors (Lipinski definition) is 10. The minimum absolute atomic E-state index is 0.0163. The fourth-order valence-corrected chi connectivity index (χ4v) is 7.58. The van der Waals surface area contributed by atoms with Crippen LogP contribution in [-0.2, 0) is 23.9 Å². The number of thiophene rings is 1. The molecule has 3 aromatic rings. The molecule has 49 heavy (non-hydrogen) atoms. The Morgan fingerprint density at radius 2 is 1.90 bits per heavy atom. The summed E-state index contributed by atoms with van der Waals surface area (Å²) in [7, 11) is 0. The molecule has 4 aliphatic rings. The molecule has 5 heterocycles. The molecule has 3 unspecified atom stereocenters. The van der Waals surface area contributed by atoms with Crippen LogP contribution < -0.4 is 15.4 Å². The van der Waals surface area contributed by atoms with Gasteiger partial charge < -0.3 is 34.9 Å². The van der Waals surface area contributed by atoms with E-state index in [0.717, 1.165) is 24.1 Å². The molecule has 1 saturated carbocycles. The number of carboxylic acid groups (broad SMARTS) is 1. The van der Waals surface area contributed by atoms with Crippen molar-refractivity contribution in [1.82, 2.24) is 25.5 Å². The van der Waals surface area contributed by atoms with Crippen LogP contribution in [0, 0.1) is 5.92 Å². The zero-order chi connectivity index (χ0) is 34.0. The Morgan fingerprint density at radius 1 is 1.06 bits per heavy atom. The zero-order valence-electron chi connectivity index (χ0n) is 26.9. The Morgan fingerprint density at radius 3 is 2.65 bits per heavy atom. The second-order valence-corrected chi connectivity index (χ2v) is 14.0. The van der Waals surface area contributed by atoms with Crippen molar-refractivity contribution in [1.29, 1.82) is 0 Å². The number of rotatable bonds is 6. The van der Waals surface area contributed by atoms with Crippen molar-refractivity contribution in [3.05, 3.63) is 53.9 Å². The molecule has 6 atom stereocenters. The number of allylic oxidation sites excluding steroid dienone is 1. The van der Waals surface area contributed by atoms with Crippen LogP contribution in [-0.4, -0.2) is 93.4 Å². The Balaban J connectivity index is 1.19. The quantitative estimate of drug-likeness (QED) is 0.321. The van der Waals surface area contributed by atoms with Crippen LogP contribution in [0.2, 0.25) is 0 Å². The number of aliphatic carboxylic acids is 1. The molecule has 3 fully saturated rings. The molecule has 13 nitrogen and oxygen atoms in total. The Labute approximate surface area is 287 Å². The SMILES string of the molecule is O=C(N[C@@H]1CCCCC/C=C\C2CC2(C(=O)O)NC(=O)C2C[C@@H](Oc3nc4ccccc4nc3-c3cccs3)CN2C1=O)O[C@@H]1CCOC1. The van der Waals surface area contributed by atoms with E-state index in [1.165, 1.54) is 16.2 Å². The normalized spacial score (nSPS) is 29.6. The summed E-state index contributed by atoms with van der Waals surface area (Å²) in [5.41, 5.74) is 0.433. The summed E-state index contributed by atoms with van der Waals surface area (Å²) in [5.74, 6) is -2.23. The van der Waals surface area contributed by atoms with Gasteiger partial charge in [0.1, 0.15) is 35.5 Å². The van der Waals surface area contributed by atoms with E-state index in [0.29, 0.717) is 49.2 Å². The molecule has 0 spiro atoms. The molecule has 14 heteroatoms. The number of nitrogens with zero attached hydrogens (tertiary/aromatic N) is 3. The predicted octanol–water partition coefficient (Wildman–Crippen LogP) is 4.07. The van der Waals surface area contributed by atoms with E-state index in [9.17, 15) is 24.3 Å². The average Bonchev–Trinajstić information content (AvgIpc) is 3.58. The molecule has 3 N–H and O–H groups in total. The van der Waals surface area contributed by atoms with E-state index < -0.39 is 53.7 Å². The number of amides is 3. The minimum Gasteiger partial charge on any atom is -0.479 e. The van der Waals surface area contributed by atoms with E-state index >= 15 is 0 Å². The maximum Gasteiger partial charge on any atom is 0.408 e. The third-order valence-electron chi connectivity index (χ3n) is 9.65. The van der Waals surface area contributed by atoms with Crippen LogP contribution in [0.25, 0.3) is 21.6 Å². The van der Waals surface area contributed by atoms with Crippen molar-refractivity contribution in [2.24, 2.45) is 5.92 Å². The summed E-state index contributed by atoms with van der Waals surface area (Å²) in [4.78, 5) is 65.7. The largest absolute Gasteiger partial charge is 0.479 e. The van der Waals surface area contributed by atoms with Crippen molar-refractivity contribution < 1.29 is 38.5 Å². The molecular formula is C35H39N5O8S. The highest BCUT2D eigenvalue weighted by Gasteiger charge is 2.61. The molecule has 7 rings (SSSR count). The second kappa shape index (κ2) is 14.1. The standard InChI is InChI=1S/C35H39N5O8S/c41-30-27-17-23(47-31-29(28-13-8-16-49-28)36-24-10-6-7-11-25(24)37-31)19-40(27)32(42)26(38-34(45)48-22-14-15-46-20-22)12-5-3-1-2-4-9-21-18-35(21,39-30)33(43)44/h4,6-11,13,16,21-23,26-27H,1-3,5,12,14-15,17-20H2,(H,38,45)(H,39,41)(H,43,44)/b9-4-/t21?,22-,23-,26-,27?,35?/m1/s1. The van der Waals surface area contributed by atoms with Crippen molar-refractivity contribution in [3.8, 4) is 16.5 Å². The molecule has 0 bridgehead atoms. The van der Waals surface area contributed by atoms with Gasteiger partial charge in [-0.25, -0.2) is 19.6 Å². The van der Waals surface area contributed by atoms with Gasteiger partial charge in [-0.15, -0.1) is 11.3 Å². The Kier molecular flexibility index (Phi) is 9.50. The number of nitrogens with one attached hydrogen (secondary N) is 2. The lowest BCUT2D eigenvalue weighted by atomic mass is 10.0. The van der Waals surface area contributed by atoms with Gasteiger partial charge in [0.15, 0.2) is 0 Å². The van der Waals surface area contributed by atoms with Crippen molar-refractivity contribution in [2.45, 2.75) is 81.2 Å². The summed E-state index contributed by atoms with van der Waals surface area (Å²) in [6.07, 6.45) is 6.34. The van der Waals surface area contributed by atoms with E-state index in [1.54, 1.807) is 0 Å². The van der Waals surface area contributed by atoms with Crippen LogP contribution in [0.5, 0.6) is 5.88 Å². The predicted molar refractivity (Wildman–Crippen MR) is 179 cm³/mol. The highest BCUT2D eigenvalue weighted by molar-refractivity contribution is 7.13. The van der Waals surface area contributed by atoms with Crippen LogP contribution in [0.4, 0.5) is 4.79 Å². The molecule has 3 aliphatic heterocycles. The van der Waals surface area contributed by atoms with E-state index in [2.05, 4.69) is 10.6 Å². The Hall–Kier alpha value is -4.56. The summed E-state index contributed by atoms with van der Waals surface area (Å²) >= 11 is 1.49. The third kappa shape index (κ3) is 7.11. The molecule has 1 aromatic carbocycles. The van der Waals surface area contributed by atoms with Crippen molar-refractivity contribution in [3.63, 3.8) is 0 Å². The van der Waals surface area contributed by atoms with Crippen LogP contribution in [0.15, 0.2) is 53.9 Å². The summed E-state index contributed by atoms with van der Waals surface area (Å²) in [6.45, 7) is 0.808. The molecule has 3 amide bonds. The number of ether oxygens (including phenoxy) is 3. The number of alkyl carbamates (subject to hydrolysis) is 1. The first-order valence-electron chi connectivity index (χ1n) is 16.9. The van der Waals surface area contributed by atoms with Crippen molar-refractivity contribution >= 4 is 46.2 Å². The highest BCUT2D eigenvalue weighted by atomic mass is 32.1. The first-order chi connectivity index (χ1) is 23.8. The van der Waals surface area contributed by atoms with Gasteiger partial charge in [0, 0.05) is 18.8 Å². The first-order valence-corrected chi connectivity index (χ1v) is 17.7. The number of carbonyl (C=O) groups is 4. The maximum absolute atomic E-state index is 14.4. The van der Waals surface area contributed by atoms with Gasteiger partial charge in [-0.2, -0.15) is 0 Å². The third-order valence-corrected chi connectivity index (χ3v) is 10.5. The van der Waals surface area contributed by atoms with Crippen LogP contribution in [0.1, 0.15) is 51.4 Å². The van der Waals surface area contributed by atoms with Gasteiger partial charge in [0.25, 0.3) is 0 Å². The summed E-state index contributed by atoms with van der Waals surface area (Å²) in [6, 6.07) is 9.26. The van der Waals surface area contributed by atoms with Gasteiger partial charge in [0.05, 0.1) is 35.7 Å². The van der Waals surface area contributed by atoms with E-state index in [4.69, 9.17) is 24.2 Å². The summed E-state index contributed by atoms with van der Waals surface area (Å²) < 4.78 is 17.3. The van der Waals surface area contributed by atoms with Gasteiger partial charge >= 0.3 is 12.1 Å². The van der Waals surface area contributed by atoms with Gasteiger partial charge in [-0.05, 0) is 49.3 Å². The fourth-order valence-electron chi connectivity index (χ4n) is 6.88. The molecule has 2 aromatic heterocycles. The second-order valence-electron chi connectivity index (χ2n) is 13.1. The minimum atomic E-state index is -1.44. The van der Waals surface area contributed by atoms with Gasteiger partial charge in [-0.3, -0.25) is 9.59 Å². The number of fused-ring (bicyclic) bond motifs is 3. The molecule has 2 saturated heterocycles. The molecule has 1 aliphatic carbocycles. The Bertz CT molecular complexity index is 1740. The van der Waals surface area contributed by atoms with E-state index in [1.807, 2.05) is 53.9 Å². The number of hydrogen-bond donors (Lipinski definition) is 3. The monoisotopic (exact) mass is 689 g/mol. The average molecular weight is 690 g/mol. The lowest BCUT2D eigenvalue weighted by Crippen LogP contribution is -2.56. The lowest BCUT2D eigenvalue weighted by molar-refractivity contribution is -0.145.